The van der Waals surface area contributed by atoms with Crippen molar-refractivity contribution >= 4 is 5.91 Å². The minimum Gasteiger partial charge on any atom is -0.481 e. The molecule has 1 atom stereocenters. The van der Waals surface area contributed by atoms with Crippen LogP contribution in [0.15, 0.2) is 24.3 Å². The van der Waals surface area contributed by atoms with Crippen LogP contribution < -0.4 is 15.4 Å². The summed E-state index contributed by atoms with van der Waals surface area (Å²) >= 11 is 0. The first-order valence-electron chi connectivity index (χ1n) is 7.20. The second-order valence-electron chi connectivity index (χ2n) is 5.35. The Labute approximate surface area is 127 Å². The topological polar surface area (TPSA) is 50.4 Å². The van der Waals surface area contributed by atoms with Crippen LogP contribution in [-0.4, -0.2) is 25.1 Å². The smallest absolute Gasteiger partial charge is 0.261 e. The van der Waals surface area contributed by atoms with Crippen LogP contribution in [0.3, 0.4) is 0 Å². The van der Waals surface area contributed by atoms with Crippen LogP contribution in [0.4, 0.5) is 0 Å². The van der Waals surface area contributed by atoms with E-state index in [1.807, 2.05) is 24.3 Å². The van der Waals surface area contributed by atoms with Gasteiger partial charge >= 0.3 is 0 Å². The van der Waals surface area contributed by atoms with Gasteiger partial charge in [0.05, 0.1) is 6.54 Å². The summed E-state index contributed by atoms with van der Waals surface area (Å²) in [4.78, 5) is 11.6. The van der Waals surface area contributed by atoms with Crippen LogP contribution >= 0.6 is 0 Å². The Morgan fingerprint density at radius 1 is 1.29 bits per heavy atom. The van der Waals surface area contributed by atoms with Gasteiger partial charge in [0.2, 0.25) is 0 Å². The van der Waals surface area contributed by atoms with Gasteiger partial charge in [0, 0.05) is 6.54 Å². The normalized spacial score (nSPS) is 11.8. The summed E-state index contributed by atoms with van der Waals surface area (Å²) in [5, 5.41) is 5.97. The van der Waals surface area contributed by atoms with Crippen LogP contribution in [0.25, 0.3) is 0 Å². The third kappa shape index (κ3) is 6.82. The molecule has 4 nitrogen and oxygen atoms in total. The number of carbonyl (C=O) groups is 1. The second kappa shape index (κ2) is 9.04. The molecule has 1 amide bonds. The standard InChI is InChI=1S/C17H24N2O2/c1-5-10-19-17(20)14(4)21-16-8-6-15(7-9-16)12-18-11-13(2)3/h1,6-9,13-14,18H,10-12H2,2-4H3,(H,19,20). The molecule has 1 rings (SSSR count). The molecule has 0 fully saturated rings. The van der Waals surface area contributed by atoms with Crippen LogP contribution in [-0.2, 0) is 11.3 Å². The van der Waals surface area contributed by atoms with Gasteiger partial charge < -0.3 is 15.4 Å². The van der Waals surface area contributed by atoms with Crippen molar-refractivity contribution in [3.8, 4) is 18.1 Å². The molecule has 0 aliphatic carbocycles. The third-order valence-electron chi connectivity index (χ3n) is 2.85. The Balaban J connectivity index is 2.43. The third-order valence-corrected chi connectivity index (χ3v) is 2.85. The first-order valence-corrected chi connectivity index (χ1v) is 7.20. The van der Waals surface area contributed by atoms with E-state index in [2.05, 4.69) is 30.4 Å². The van der Waals surface area contributed by atoms with E-state index < -0.39 is 6.10 Å². The molecule has 0 heterocycles. The number of benzene rings is 1. The average Bonchev–Trinajstić information content (AvgIpc) is 2.46. The van der Waals surface area contributed by atoms with Crippen molar-refractivity contribution in [2.24, 2.45) is 5.92 Å². The van der Waals surface area contributed by atoms with Crippen LogP contribution in [0.2, 0.25) is 0 Å². The molecular weight excluding hydrogens is 264 g/mol. The second-order valence-corrected chi connectivity index (χ2v) is 5.35. The van der Waals surface area contributed by atoms with Gasteiger partial charge in [-0.25, -0.2) is 0 Å². The number of amides is 1. The summed E-state index contributed by atoms with van der Waals surface area (Å²) in [6, 6.07) is 7.73. The van der Waals surface area contributed by atoms with E-state index in [9.17, 15) is 4.79 Å². The number of ether oxygens (including phenoxy) is 1. The van der Waals surface area contributed by atoms with Crippen LogP contribution in [0.1, 0.15) is 26.3 Å². The molecule has 0 aliphatic rings. The highest BCUT2D eigenvalue weighted by Gasteiger charge is 2.13. The summed E-state index contributed by atoms with van der Waals surface area (Å²) in [7, 11) is 0. The summed E-state index contributed by atoms with van der Waals surface area (Å²) in [5.74, 6) is 3.45. The molecule has 1 aromatic rings. The summed E-state index contributed by atoms with van der Waals surface area (Å²) in [6.45, 7) is 8.09. The van der Waals surface area contributed by atoms with Crippen LogP contribution in [0.5, 0.6) is 5.75 Å². The predicted molar refractivity (Wildman–Crippen MR) is 84.9 cm³/mol. The number of rotatable bonds is 8. The van der Waals surface area contributed by atoms with Gasteiger partial charge in [-0.3, -0.25) is 4.79 Å². The van der Waals surface area contributed by atoms with Crippen molar-refractivity contribution in [3.63, 3.8) is 0 Å². The lowest BCUT2D eigenvalue weighted by Crippen LogP contribution is -2.36. The summed E-state index contributed by atoms with van der Waals surface area (Å²) in [5.41, 5.74) is 1.19. The molecule has 4 heteroatoms. The molecule has 0 spiro atoms. The van der Waals surface area contributed by atoms with Gasteiger partial charge in [0.15, 0.2) is 6.10 Å². The average molecular weight is 288 g/mol. The predicted octanol–water partition coefficient (Wildman–Crippen LogP) is 1.95. The molecule has 0 radical (unpaired) electrons. The molecule has 21 heavy (non-hydrogen) atoms. The highest BCUT2D eigenvalue weighted by Crippen LogP contribution is 2.14. The van der Waals surface area contributed by atoms with Crippen molar-refractivity contribution in [1.29, 1.82) is 0 Å². The number of hydrogen-bond acceptors (Lipinski definition) is 3. The number of carbonyl (C=O) groups excluding carboxylic acids is 1. The molecule has 1 aromatic carbocycles. The zero-order valence-electron chi connectivity index (χ0n) is 13.0. The maximum atomic E-state index is 11.6. The lowest BCUT2D eigenvalue weighted by molar-refractivity contribution is -0.126. The molecule has 1 unspecified atom stereocenters. The Morgan fingerprint density at radius 2 is 1.95 bits per heavy atom. The number of nitrogens with one attached hydrogen (secondary N) is 2. The first-order chi connectivity index (χ1) is 10.0. The van der Waals surface area contributed by atoms with Crippen molar-refractivity contribution < 1.29 is 9.53 Å². The van der Waals surface area contributed by atoms with E-state index in [0.29, 0.717) is 11.7 Å². The molecule has 2 N–H and O–H groups in total. The van der Waals surface area contributed by atoms with Gasteiger partial charge in [0.25, 0.3) is 5.91 Å². The quantitative estimate of drug-likeness (QED) is 0.719. The highest BCUT2D eigenvalue weighted by molar-refractivity contribution is 5.80. The fourth-order valence-electron chi connectivity index (χ4n) is 1.73. The summed E-state index contributed by atoms with van der Waals surface area (Å²) in [6.07, 6.45) is 4.53. The van der Waals surface area contributed by atoms with Crippen molar-refractivity contribution in [2.45, 2.75) is 33.4 Å². The van der Waals surface area contributed by atoms with Crippen LogP contribution in [0, 0.1) is 18.3 Å². The molecular formula is C17H24N2O2. The molecule has 0 aliphatic heterocycles. The molecule has 0 bridgehead atoms. The van der Waals surface area contributed by atoms with Gasteiger partial charge in [-0.15, -0.1) is 6.42 Å². The Hall–Kier alpha value is -1.99. The molecule has 0 saturated heterocycles. The number of terminal acetylenes is 1. The maximum Gasteiger partial charge on any atom is 0.261 e. The fourth-order valence-corrected chi connectivity index (χ4v) is 1.73. The van der Waals surface area contributed by atoms with Gasteiger partial charge in [-0.2, -0.15) is 0 Å². The van der Waals surface area contributed by atoms with E-state index in [1.54, 1.807) is 6.92 Å². The highest BCUT2D eigenvalue weighted by atomic mass is 16.5. The monoisotopic (exact) mass is 288 g/mol. The van der Waals surface area contributed by atoms with E-state index in [-0.39, 0.29) is 12.5 Å². The zero-order chi connectivity index (χ0) is 15.7. The summed E-state index contributed by atoms with van der Waals surface area (Å²) < 4.78 is 5.57. The lowest BCUT2D eigenvalue weighted by Gasteiger charge is -2.14. The molecule has 0 aromatic heterocycles. The Morgan fingerprint density at radius 3 is 2.52 bits per heavy atom. The van der Waals surface area contributed by atoms with Gasteiger partial charge in [-0.05, 0) is 37.1 Å². The van der Waals surface area contributed by atoms with E-state index in [1.165, 1.54) is 5.56 Å². The Bertz CT molecular complexity index is 475. The van der Waals surface area contributed by atoms with Crippen molar-refractivity contribution in [3.05, 3.63) is 29.8 Å². The minimum atomic E-state index is -0.566. The van der Waals surface area contributed by atoms with E-state index in [4.69, 9.17) is 11.2 Å². The van der Waals surface area contributed by atoms with Crippen molar-refractivity contribution in [1.82, 2.24) is 10.6 Å². The molecule has 114 valence electrons. The lowest BCUT2D eigenvalue weighted by atomic mass is 10.2. The molecule has 0 saturated carbocycles. The minimum absolute atomic E-state index is 0.212. The van der Waals surface area contributed by atoms with E-state index >= 15 is 0 Å². The van der Waals surface area contributed by atoms with E-state index in [0.717, 1.165) is 13.1 Å². The largest absolute Gasteiger partial charge is 0.481 e. The first kappa shape index (κ1) is 17.1. The van der Waals surface area contributed by atoms with Gasteiger partial charge in [0.1, 0.15) is 5.75 Å². The Kier molecular flexibility index (Phi) is 7.34. The number of hydrogen-bond donors (Lipinski definition) is 2. The zero-order valence-corrected chi connectivity index (χ0v) is 13.0. The maximum absolute atomic E-state index is 11.6. The SMILES string of the molecule is C#CCNC(=O)C(C)Oc1ccc(CNCC(C)C)cc1. The van der Waals surface area contributed by atoms with Crippen molar-refractivity contribution in [2.75, 3.05) is 13.1 Å². The van der Waals surface area contributed by atoms with Gasteiger partial charge in [-0.1, -0.05) is 31.9 Å². The fraction of sp³-hybridized carbons (Fsp3) is 0.471.